The molecule has 0 amide bonds. The summed E-state index contributed by atoms with van der Waals surface area (Å²) in [4.78, 5) is 22.0. The van der Waals surface area contributed by atoms with Crippen LogP contribution in [0.25, 0.3) is 0 Å². The van der Waals surface area contributed by atoms with Crippen LogP contribution in [0.3, 0.4) is 0 Å². The lowest BCUT2D eigenvalue weighted by molar-refractivity contribution is -0.131. The molecule has 0 aliphatic heterocycles. The third kappa shape index (κ3) is 3.05. The summed E-state index contributed by atoms with van der Waals surface area (Å²) >= 11 is 0. The number of carboxylic acid groups (broad SMARTS) is 1. The summed E-state index contributed by atoms with van der Waals surface area (Å²) in [5, 5.41) is 8.68. The fraction of sp³-hybridized carbons (Fsp3) is 0.429. The van der Waals surface area contributed by atoms with E-state index in [1.54, 1.807) is 6.07 Å². The van der Waals surface area contributed by atoms with E-state index in [2.05, 4.69) is 0 Å². The monoisotopic (exact) mass is 264 g/mol. The zero-order valence-corrected chi connectivity index (χ0v) is 10.7. The number of Topliss-reactive ketones (excluding diaryl/α,β-unsaturated/α-hetero) is 1. The Morgan fingerprint density at radius 2 is 1.89 bits per heavy atom. The Morgan fingerprint density at radius 3 is 2.47 bits per heavy atom. The van der Waals surface area contributed by atoms with E-state index in [9.17, 15) is 9.59 Å². The Morgan fingerprint density at radius 1 is 1.21 bits per heavy atom. The molecule has 0 unspecified atom stereocenters. The molecule has 0 spiro atoms. The molecule has 5 nitrogen and oxygen atoms in total. The van der Waals surface area contributed by atoms with Crippen molar-refractivity contribution in [3.05, 3.63) is 23.8 Å². The third-order valence-corrected chi connectivity index (χ3v) is 3.22. The van der Waals surface area contributed by atoms with Crippen LogP contribution in [-0.4, -0.2) is 30.1 Å². The van der Waals surface area contributed by atoms with Crippen LogP contribution < -0.4 is 9.47 Å². The minimum absolute atomic E-state index is 0.0862. The van der Waals surface area contributed by atoms with Crippen LogP contribution in [0.15, 0.2) is 18.2 Å². The predicted molar refractivity (Wildman–Crippen MR) is 67.8 cm³/mol. The van der Waals surface area contributed by atoms with Crippen molar-refractivity contribution in [1.82, 2.24) is 0 Å². The Bertz CT molecular complexity index is 489. The summed E-state index contributed by atoms with van der Waals surface area (Å²) in [6.07, 6.45) is 4.51. The lowest BCUT2D eigenvalue weighted by Gasteiger charge is -2.16. The van der Waals surface area contributed by atoms with Crippen LogP contribution in [0.4, 0.5) is 0 Å². The second kappa shape index (κ2) is 5.73. The summed E-state index contributed by atoms with van der Waals surface area (Å²) in [6.45, 7) is 0. The van der Waals surface area contributed by atoms with Gasteiger partial charge in [-0.15, -0.1) is 0 Å². The van der Waals surface area contributed by atoms with Crippen LogP contribution in [0.5, 0.6) is 11.5 Å². The Hall–Kier alpha value is -2.04. The van der Waals surface area contributed by atoms with Crippen molar-refractivity contribution in [2.24, 2.45) is 0 Å². The highest BCUT2D eigenvalue weighted by Crippen LogP contribution is 2.32. The average molecular weight is 264 g/mol. The number of hydrogen-bond acceptors (Lipinski definition) is 4. The Balaban J connectivity index is 2.20. The summed E-state index contributed by atoms with van der Waals surface area (Å²) in [5.41, 5.74) is 0.0862. The molecule has 1 aromatic rings. The molecule has 0 saturated heterocycles. The van der Waals surface area contributed by atoms with Crippen LogP contribution in [0.1, 0.15) is 36.0 Å². The Labute approximate surface area is 111 Å². The summed E-state index contributed by atoms with van der Waals surface area (Å²) in [5.74, 6) is -1.49. The van der Waals surface area contributed by atoms with Crippen molar-refractivity contribution < 1.29 is 24.2 Å². The number of aliphatic carboxylic acids is 1. The van der Waals surface area contributed by atoms with Crippen LogP contribution in [-0.2, 0) is 4.79 Å². The van der Waals surface area contributed by atoms with Gasteiger partial charge in [0.05, 0.1) is 13.2 Å². The highest BCUT2D eigenvalue weighted by Gasteiger charge is 2.20. The van der Waals surface area contributed by atoms with Crippen LogP contribution in [0.2, 0.25) is 0 Å². The van der Waals surface area contributed by atoms with Gasteiger partial charge in [0.1, 0.15) is 0 Å². The number of carboxylic acids is 1. The molecule has 0 heterocycles. The maximum Gasteiger partial charge on any atom is 0.377 e. The molecular weight excluding hydrogens is 248 g/mol. The first kappa shape index (κ1) is 13.4. The van der Waals surface area contributed by atoms with Gasteiger partial charge >= 0.3 is 5.97 Å². The second-order valence-electron chi connectivity index (χ2n) is 4.52. The minimum Gasteiger partial charge on any atom is -0.493 e. The molecule has 1 saturated carbocycles. The van der Waals surface area contributed by atoms with E-state index >= 15 is 0 Å². The van der Waals surface area contributed by atoms with Gasteiger partial charge in [-0.25, -0.2) is 4.79 Å². The van der Waals surface area contributed by atoms with Gasteiger partial charge in [0.15, 0.2) is 11.5 Å². The van der Waals surface area contributed by atoms with E-state index < -0.39 is 11.8 Å². The normalized spacial score (nSPS) is 15.2. The lowest BCUT2D eigenvalue weighted by atomic mass is 10.1. The van der Waals surface area contributed by atoms with E-state index in [1.165, 1.54) is 19.2 Å². The van der Waals surface area contributed by atoms with Crippen molar-refractivity contribution in [3.8, 4) is 11.5 Å². The number of methoxy groups -OCH3 is 1. The highest BCUT2D eigenvalue weighted by molar-refractivity contribution is 6.39. The third-order valence-electron chi connectivity index (χ3n) is 3.22. The number of carbonyl (C=O) groups excluding carboxylic acids is 1. The van der Waals surface area contributed by atoms with Crippen molar-refractivity contribution in [2.75, 3.05) is 7.11 Å². The predicted octanol–water partition coefficient (Wildman–Crippen LogP) is 2.28. The molecule has 0 atom stereocenters. The first-order valence-electron chi connectivity index (χ1n) is 6.24. The van der Waals surface area contributed by atoms with Crippen molar-refractivity contribution in [2.45, 2.75) is 31.8 Å². The first-order chi connectivity index (χ1) is 9.11. The van der Waals surface area contributed by atoms with Crippen LogP contribution >= 0.6 is 0 Å². The molecule has 1 N–H and O–H groups in total. The van der Waals surface area contributed by atoms with E-state index in [0.717, 1.165) is 25.7 Å². The van der Waals surface area contributed by atoms with Gasteiger partial charge in [-0.05, 0) is 43.9 Å². The SMILES string of the molecule is COc1cc(C(=O)C(=O)O)ccc1OC1CCCC1. The standard InChI is InChI=1S/C14H16O5/c1-18-12-8-9(13(15)14(16)17)6-7-11(12)19-10-4-2-3-5-10/h6-8,10H,2-5H2,1H3,(H,16,17). The molecule has 19 heavy (non-hydrogen) atoms. The van der Waals surface area contributed by atoms with E-state index in [4.69, 9.17) is 14.6 Å². The van der Waals surface area contributed by atoms with Gasteiger partial charge in [0, 0.05) is 5.56 Å². The first-order valence-corrected chi connectivity index (χ1v) is 6.24. The van der Waals surface area contributed by atoms with Gasteiger partial charge < -0.3 is 14.6 Å². The summed E-state index contributed by atoms with van der Waals surface area (Å²) in [7, 11) is 1.46. The van der Waals surface area contributed by atoms with E-state index in [1.807, 2.05) is 0 Å². The van der Waals surface area contributed by atoms with Crippen LogP contribution in [0, 0.1) is 0 Å². The molecule has 2 rings (SSSR count). The van der Waals surface area contributed by atoms with E-state index in [0.29, 0.717) is 11.5 Å². The molecular formula is C14H16O5. The lowest BCUT2D eigenvalue weighted by Crippen LogP contribution is -2.14. The van der Waals surface area contributed by atoms with Crippen molar-refractivity contribution >= 4 is 11.8 Å². The fourth-order valence-corrected chi connectivity index (χ4v) is 2.22. The second-order valence-corrected chi connectivity index (χ2v) is 4.52. The molecule has 1 aromatic carbocycles. The largest absolute Gasteiger partial charge is 0.493 e. The van der Waals surface area contributed by atoms with Gasteiger partial charge in [-0.2, -0.15) is 0 Å². The van der Waals surface area contributed by atoms with Gasteiger partial charge in [-0.1, -0.05) is 0 Å². The smallest absolute Gasteiger partial charge is 0.377 e. The number of ether oxygens (including phenoxy) is 2. The van der Waals surface area contributed by atoms with E-state index in [-0.39, 0.29) is 11.7 Å². The maximum absolute atomic E-state index is 11.4. The van der Waals surface area contributed by atoms with Gasteiger partial charge in [0.2, 0.25) is 0 Å². The number of hydrogen-bond donors (Lipinski definition) is 1. The average Bonchev–Trinajstić information content (AvgIpc) is 2.91. The quantitative estimate of drug-likeness (QED) is 0.652. The molecule has 0 radical (unpaired) electrons. The topological polar surface area (TPSA) is 72.8 Å². The summed E-state index contributed by atoms with van der Waals surface area (Å²) < 4.78 is 11.0. The highest BCUT2D eigenvalue weighted by atomic mass is 16.5. The molecule has 5 heteroatoms. The summed E-state index contributed by atoms with van der Waals surface area (Å²) in [6, 6.07) is 4.44. The molecule has 1 aliphatic carbocycles. The van der Waals surface area contributed by atoms with Gasteiger partial charge in [0.25, 0.3) is 5.78 Å². The zero-order chi connectivity index (χ0) is 13.8. The van der Waals surface area contributed by atoms with Crippen molar-refractivity contribution in [1.29, 1.82) is 0 Å². The number of benzene rings is 1. The molecule has 1 fully saturated rings. The van der Waals surface area contributed by atoms with Crippen molar-refractivity contribution in [3.63, 3.8) is 0 Å². The fourth-order valence-electron chi connectivity index (χ4n) is 2.22. The molecule has 0 bridgehead atoms. The zero-order valence-electron chi connectivity index (χ0n) is 10.7. The number of rotatable bonds is 5. The minimum atomic E-state index is -1.48. The maximum atomic E-state index is 11.4. The van der Waals surface area contributed by atoms with Gasteiger partial charge in [-0.3, -0.25) is 4.79 Å². The number of carbonyl (C=O) groups is 2. The molecule has 0 aromatic heterocycles. The molecule has 1 aliphatic rings. The number of ketones is 1. The Kier molecular flexibility index (Phi) is 4.04. The molecule has 102 valence electrons.